The van der Waals surface area contributed by atoms with Crippen molar-refractivity contribution in [2.24, 2.45) is 7.05 Å². The highest BCUT2D eigenvalue weighted by Crippen LogP contribution is 2.23. The van der Waals surface area contributed by atoms with E-state index in [1.165, 1.54) is 0 Å². The van der Waals surface area contributed by atoms with E-state index in [-0.39, 0.29) is 18.3 Å². The molecule has 122 valence electrons. The van der Waals surface area contributed by atoms with Crippen LogP contribution in [0.25, 0.3) is 22.2 Å². The Morgan fingerprint density at radius 1 is 1.33 bits per heavy atom. The van der Waals surface area contributed by atoms with Gasteiger partial charge in [-0.05, 0) is 31.0 Å². The van der Waals surface area contributed by atoms with E-state index < -0.39 is 0 Å². The summed E-state index contributed by atoms with van der Waals surface area (Å²) in [5, 5.41) is 9.40. The first kappa shape index (κ1) is 15.0. The molecule has 1 fully saturated rings. The van der Waals surface area contributed by atoms with Crippen LogP contribution in [0.15, 0.2) is 36.8 Å². The molecule has 1 aromatic carbocycles. The largest absolute Gasteiger partial charge is 0.370 e. The molecule has 3 aromatic rings. The standard InChI is InChI=1S/C18H18N4O2/c1-22-11-19-10-16(22)12-4-5-15-13(7-12)8-14(20-21-15)9-17(23)18-3-2-6-24-18/h4-5,7-8,10-11,18H,2-3,6,9H2,1H3/t18-/m1/s1. The number of carbonyl (C=O) groups excluding carboxylic acids is 1. The number of aromatic nitrogens is 4. The molecule has 3 heterocycles. The molecule has 1 saturated heterocycles. The van der Waals surface area contributed by atoms with Gasteiger partial charge >= 0.3 is 0 Å². The SMILES string of the molecule is Cn1cncc1-c1ccc2nnc(CC(=O)[C@H]3CCCO3)cc2c1. The lowest BCUT2D eigenvalue weighted by Crippen LogP contribution is -2.21. The van der Waals surface area contributed by atoms with Crippen LogP contribution in [0.2, 0.25) is 0 Å². The van der Waals surface area contributed by atoms with Crippen LogP contribution in [0.4, 0.5) is 0 Å². The third-order valence-corrected chi connectivity index (χ3v) is 4.39. The first-order valence-electron chi connectivity index (χ1n) is 8.08. The summed E-state index contributed by atoms with van der Waals surface area (Å²) in [7, 11) is 1.96. The zero-order valence-electron chi connectivity index (χ0n) is 13.5. The van der Waals surface area contributed by atoms with Gasteiger partial charge in [0.25, 0.3) is 0 Å². The van der Waals surface area contributed by atoms with E-state index in [4.69, 9.17) is 4.74 Å². The zero-order chi connectivity index (χ0) is 16.5. The summed E-state index contributed by atoms with van der Waals surface area (Å²) in [6.07, 6.45) is 5.36. The van der Waals surface area contributed by atoms with Crippen molar-refractivity contribution in [2.75, 3.05) is 6.61 Å². The number of rotatable bonds is 4. The Morgan fingerprint density at radius 3 is 3.00 bits per heavy atom. The fourth-order valence-electron chi connectivity index (χ4n) is 3.09. The van der Waals surface area contributed by atoms with Crippen LogP contribution in [0, 0.1) is 0 Å². The maximum Gasteiger partial charge on any atom is 0.167 e. The van der Waals surface area contributed by atoms with Gasteiger partial charge in [0, 0.05) is 24.6 Å². The number of nitrogens with zero attached hydrogens (tertiary/aromatic N) is 4. The number of carbonyl (C=O) groups is 1. The summed E-state index contributed by atoms with van der Waals surface area (Å²) in [5.41, 5.74) is 3.59. The fourth-order valence-corrected chi connectivity index (χ4v) is 3.09. The normalized spacial score (nSPS) is 17.5. The lowest BCUT2D eigenvalue weighted by atomic mass is 10.0. The Hall–Kier alpha value is -2.60. The lowest BCUT2D eigenvalue weighted by molar-refractivity contribution is -0.127. The fraction of sp³-hybridized carbons (Fsp3) is 0.333. The highest BCUT2D eigenvalue weighted by atomic mass is 16.5. The average molecular weight is 322 g/mol. The van der Waals surface area contributed by atoms with Crippen molar-refractivity contribution in [2.45, 2.75) is 25.4 Å². The summed E-state index contributed by atoms with van der Waals surface area (Å²) in [4.78, 5) is 16.4. The van der Waals surface area contributed by atoms with E-state index in [2.05, 4.69) is 21.2 Å². The summed E-state index contributed by atoms with van der Waals surface area (Å²) in [6.45, 7) is 0.674. The number of fused-ring (bicyclic) bond motifs is 1. The molecule has 0 bridgehead atoms. The topological polar surface area (TPSA) is 69.9 Å². The first-order valence-corrected chi connectivity index (χ1v) is 8.08. The van der Waals surface area contributed by atoms with Gasteiger partial charge in [0.1, 0.15) is 6.10 Å². The van der Waals surface area contributed by atoms with Crippen LogP contribution in [-0.2, 0) is 23.0 Å². The van der Waals surface area contributed by atoms with Crippen molar-refractivity contribution in [3.05, 3.63) is 42.5 Å². The van der Waals surface area contributed by atoms with Gasteiger partial charge in [-0.1, -0.05) is 6.07 Å². The van der Waals surface area contributed by atoms with Crippen LogP contribution in [-0.4, -0.2) is 38.2 Å². The van der Waals surface area contributed by atoms with Crippen LogP contribution in [0.5, 0.6) is 0 Å². The lowest BCUT2D eigenvalue weighted by Gasteiger charge is -2.08. The zero-order valence-corrected chi connectivity index (χ0v) is 13.5. The van der Waals surface area contributed by atoms with Crippen LogP contribution in [0.1, 0.15) is 18.5 Å². The number of ether oxygens (including phenoxy) is 1. The summed E-state index contributed by atoms with van der Waals surface area (Å²) < 4.78 is 7.42. The smallest absolute Gasteiger partial charge is 0.167 e. The highest BCUT2D eigenvalue weighted by Gasteiger charge is 2.24. The third kappa shape index (κ3) is 2.80. The molecular formula is C18H18N4O2. The second-order valence-corrected chi connectivity index (χ2v) is 6.14. The molecule has 1 atom stereocenters. The second kappa shape index (κ2) is 6.13. The summed E-state index contributed by atoms with van der Waals surface area (Å²) in [5.74, 6) is 0.0870. The van der Waals surface area contributed by atoms with Crippen LogP contribution in [0.3, 0.4) is 0 Å². The number of imidazole rings is 1. The van der Waals surface area contributed by atoms with E-state index in [9.17, 15) is 4.79 Å². The molecule has 0 amide bonds. The third-order valence-electron chi connectivity index (χ3n) is 4.39. The Morgan fingerprint density at radius 2 is 2.25 bits per heavy atom. The van der Waals surface area contributed by atoms with Gasteiger partial charge in [-0.3, -0.25) is 4.79 Å². The number of ketones is 1. The molecule has 24 heavy (non-hydrogen) atoms. The number of hydrogen-bond acceptors (Lipinski definition) is 5. The minimum Gasteiger partial charge on any atom is -0.370 e. The monoisotopic (exact) mass is 322 g/mol. The number of benzene rings is 1. The Labute approximate surface area is 139 Å². The number of hydrogen-bond donors (Lipinski definition) is 0. The second-order valence-electron chi connectivity index (χ2n) is 6.14. The minimum atomic E-state index is -0.275. The van der Waals surface area contributed by atoms with Crippen molar-refractivity contribution in [1.82, 2.24) is 19.7 Å². The van der Waals surface area contributed by atoms with Crippen molar-refractivity contribution >= 4 is 16.7 Å². The molecule has 0 radical (unpaired) electrons. The molecular weight excluding hydrogens is 304 g/mol. The Bertz CT molecular complexity index is 897. The van der Waals surface area contributed by atoms with Crippen molar-refractivity contribution in [1.29, 1.82) is 0 Å². The van der Waals surface area contributed by atoms with E-state index in [1.807, 2.05) is 36.0 Å². The Kier molecular flexibility index (Phi) is 3.82. The van der Waals surface area contributed by atoms with E-state index in [0.29, 0.717) is 12.3 Å². The van der Waals surface area contributed by atoms with Crippen LogP contribution >= 0.6 is 0 Å². The molecule has 1 aliphatic heterocycles. The van der Waals surface area contributed by atoms with Gasteiger partial charge in [0.2, 0.25) is 0 Å². The van der Waals surface area contributed by atoms with Crippen molar-refractivity contribution < 1.29 is 9.53 Å². The summed E-state index contributed by atoms with van der Waals surface area (Å²) in [6, 6.07) is 7.94. The predicted molar refractivity (Wildman–Crippen MR) is 89.4 cm³/mol. The van der Waals surface area contributed by atoms with E-state index >= 15 is 0 Å². The van der Waals surface area contributed by atoms with Gasteiger partial charge in [-0.2, -0.15) is 10.2 Å². The molecule has 0 saturated carbocycles. The highest BCUT2D eigenvalue weighted by molar-refractivity contribution is 5.87. The molecule has 1 aliphatic rings. The molecule has 6 nitrogen and oxygen atoms in total. The van der Waals surface area contributed by atoms with Gasteiger partial charge in [-0.25, -0.2) is 4.98 Å². The average Bonchev–Trinajstić information content (AvgIpc) is 3.25. The van der Waals surface area contributed by atoms with Crippen LogP contribution < -0.4 is 0 Å². The molecule has 2 aromatic heterocycles. The van der Waals surface area contributed by atoms with E-state index in [1.54, 1.807) is 6.33 Å². The van der Waals surface area contributed by atoms with Crippen molar-refractivity contribution in [3.63, 3.8) is 0 Å². The minimum absolute atomic E-state index is 0.0870. The summed E-state index contributed by atoms with van der Waals surface area (Å²) >= 11 is 0. The maximum atomic E-state index is 12.2. The van der Waals surface area contributed by atoms with Gasteiger partial charge in [0.15, 0.2) is 5.78 Å². The van der Waals surface area contributed by atoms with Gasteiger partial charge in [0.05, 0.1) is 35.8 Å². The molecule has 6 heteroatoms. The molecule has 0 N–H and O–H groups in total. The molecule has 0 unspecified atom stereocenters. The van der Waals surface area contributed by atoms with Gasteiger partial charge < -0.3 is 9.30 Å². The molecule has 4 rings (SSSR count). The Balaban J connectivity index is 1.64. The predicted octanol–water partition coefficient (Wildman–Crippen LogP) is 2.32. The number of aryl methyl sites for hydroxylation is 1. The maximum absolute atomic E-state index is 12.2. The van der Waals surface area contributed by atoms with Crippen molar-refractivity contribution in [3.8, 4) is 11.3 Å². The van der Waals surface area contributed by atoms with Gasteiger partial charge in [-0.15, -0.1) is 0 Å². The number of Topliss-reactive ketones (excluding diaryl/α,β-unsaturated/α-hetero) is 1. The first-order chi connectivity index (χ1) is 11.7. The molecule has 0 spiro atoms. The molecule has 0 aliphatic carbocycles. The quantitative estimate of drug-likeness (QED) is 0.737. The van der Waals surface area contributed by atoms with E-state index in [0.717, 1.165) is 35.0 Å².